The molecule has 0 radical (unpaired) electrons. The quantitative estimate of drug-likeness (QED) is 0.613. The minimum absolute atomic E-state index is 0.615. The summed E-state index contributed by atoms with van der Waals surface area (Å²) in [6.45, 7) is 0.615. The Morgan fingerprint density at radius 2 is 2.67 bits per heavy atom. The van der Waals surface area contributed by atoms with E-state index in [1.54, 1.807) is 13.4 Å². The molecule has 0 atom stereocenters. The Morgan fingerprint density at radius 1 is 1.78 bits per heavy atom. The summed E-state index contributed by atoms with van der Waals surface area (Å²) in [5, 5.41) is 0. The normalized spacial score (nSPS) is 9.89. The van der Waals surface area contributed by atoms with Gasteiger partial charge < -0.3 is 9.25 Å². The second kappa shape index (κ2) is 3.27. The first-order valence-electron chi connectivity index (χ1n) is 2.71. The van der Waals surface area contributed by atoms with Crippen molar-refractivity contribution in [1.82, 2.24) is 5.48 Å². The molecule has 0 amide bonds. The van der Waals surface area contributed by atoms with Gasteiger partial charge in [0.1, 0.15) is 5.76 Å². The summed E-state index contributed by atoms with van der Waals surface area (Å²) in [5.74, 6) is 0.872. The largest absolute Gasteiger partial charge is 0.468 e. The van der Waals surface area contributed by atoms with Crippen LogP contribution in [-0.2, 0) is 11.4 Å². The molecule has 3 heteroatoms. The predicted octanol–water partition coefficient (Wildman–Crippen LogP) is 0.931. The van der Waals surface area contributed by atoms with Crippen LogP contribution in [0.25, 0.3) is 0 Å². The fraction of sp³-hybridized carbons (Fsp3) is 0.333. The van der Waals surface area contributed by atoms with Gasteiger partial charge in [-0.1, -0.05) is 0 Å². The molecule has 50 valence electrons. The third-order valence-electron chi connectivity index (χ3n) is 0.971. The number of hydrogen-bond donors (Lipinski definition) is 1. The lowest BCUT2D eigenvalue weighted by Crippen LogP contribution is -2.09. The zero-order valence-electron chi connectivity index (χ0n) is 5.26. The fourth-order valence-corrected chi connectivity index (χ4v) is 0.556. The van der Waals surface area contributed by atoms with Crippen LogP contribution in [0.3, 0.4) is 0 Å². The van der Waals surface area contributed by atoms with Crippen LogP contribution in [0.5, 0.6) is 0 Å². The number of furan rings is 1. The van der Waals surface area contributed by atoms with Gasteiger partial charge in [-0.3, -0.25) is 0 Å². The SMILES string of the molecule is CONCc1ccco1. The standard InChI is InChI=1S/C6H9NO2/c1-8-7-5-6-3-2-4-9-6/h2-4,7H,5H2,1H3. The van der Waals surface area contributed by atoms with Gasteiger partial charge >= 0.3 is 0 Å². The van der Waals surface area contributed by atoms with E-state index in [9.17, 15) is 0 Å². The van der Waals surface area contributed by atoms with Crippen molar-refractivity contribution in [3.8, 4) is 0 Å². The number of nitrogens with one attached hydrogen (secondary N) is 1. The first-order valence-corrected chi connectivity index (χ1v) is 2.71. The molecule has 0 aliphatic carbocycles. The minimum Gasteiger partial charge on any atom is -0.468 e. The Hall–Kier alpha value is -0.800. The average molecular weight is 127 g/mol. The lowest BCUT2D eigenvalue weighted by atomic mass is 10.5. The van der Waals surface area contributed by atoms with E-state index in [0.29, 0.717) is 6.54 Å². The molecule has 0 saturated carbocycles. The summed E-state index contributed by atoms with van der Waals surface area (Å²) in [7, 11) is 1.57. The zero-order chi connectivity index (χ0) is 6.53. The van der Waals surface area contributed by atoms with Crippen LogP contribution >= 0.6 is 0 Å². The van der Waals surface area contributed by atoms with Crippen molar-refractivity contribution < 1.29 is 9.25 Å². The van der Waals surface area contributed by atoms with E-state index >= 15 is 0 Å². The molecule has 1 N–H and O–H groups in total. The first kappa shape index (κ1) is 6.32. The molecule has 0 fully saturated rings. The summed E-state index contributed by atoms with van der Waals surface area (Å²) in [6.07, 6.45) is 1.63. The molecule has 1 rings (SSSR count). The molecule has 0 bridgehead atoms. The Kier molecular flexibility index (Phi) is 2.30. The van der Waals surface area contributed by atoms with Gasteiger partial charge in [0.25, 0.3) is 0 Å². The molecule has 0 aromatic carbocycles. The molecular formula is C6H9NO2. The van der Waals surface area contributed by atoms with E-state index < -0.39 is 0 Å². The van der Waals surface area contributed by atoms with Gasteiger partial charge in [0.15, 0.2) is 0 Å². The van der Waals surface area contributed by atoms with Gasteiger partial charge in [-0.05, 0) is 12.1 Å². The van der Waals surface area contributed by atoms with E-state index in [2.05, 4.69) is 10.3 Å². The van der Waals surface area contributed by atoms with Crippen LogP contribution in [0.15, 0.2) is 22.8 Å². The Bertz CT molecular complexity index is 148. The maximum absolute atomic E-state index is 4.99. The van der Waals surface area contributed by atoms with E-state index in [-0.39, 0.29) is 0 Å². The highest BCUT2D eigenvalue weighted by atomic mass is 16.6. The second-order valence-electron chi connectivity index (χ2n) is 1.60. The van der Waals surface area contributed by atoms with Crippen molar-refractivity contribution in [2.75, 3.05) is 7.11 Å². The third-order valence-corrected chi connectivity index (χ3v) is 0.971. The lowest BCUT2D eigenvalue weighted by molar-refractivity contribution is 0.0818. The number of hydrogen-bond acceptors (Lipinski definition) is 3. The van der Waals surface area contributed by atoms with Crippen molar-refractivity contribution in [2.45, 2.75) is 6.54 Å². The van der Waals surface area contributed by atoms with Gasteiger partial charge in [0, 0.05) is 0 Å². The first-order chi connectivity index (χ1) is 4.43. The van der Waals surface area contributed by atoms with Crippen LogP contribution in [0, 0.1) is 0 Å². The monoisotopic (exact) mass is 127 g/mol. The van der Waals surface area contributed by atoms with Gasteiger partial charge in [-0.25, -0.2) is 0 Å². The van der Waals surface area contributed by atoms with Crippen molar-refractivity contribution in [1.29, 1.82) is 0 Å². The number of rotatable bonds is 3. The van der Waals surface area contributed by atoms with Crippen LogP contribution in [-0.4, -0.2) is 7.11 Å². The van der Waals surface area contributed by atoms with Crippen LogP contribution in [0.2, 0.25) is 0 Å². The zero-order valence-corrected chi connectivity index (χ0v) is 5.26. The summed E-state index contributed by atoms with van der Waals surface area (Å²) in [5.41, 5.74) is 2.66. The molecule has 1 aromatic rings. The molecule has 0 spiro atoms. The van der Waals surface area contributed by atoms with Crippen LogP contribution in [0.1, 0.15) is 5.76 Å². The fourth-order valence-electron chi connectivity index (χ4n) is 0.556. The molecule has 3 nitrogen and oxygen atoms in total. The second-order valence-corrected chi connectivity index (χ2v) is 1.60. The molecule has 9 heavy (non-hydrogen) atoms. The Morgan fingerprint density at radius 3 is 3.22 bits per heavy atom. The molecule has 1 aromatic heterocycles. The predicted molar refractivity (Wildman–Crippen MR) is 32.6 cm³/mol. The molecule has 0 aliphatic rings. The van der Waals surface area contributed by atoms with Crippen LogP contribution < -0.4 is 5.48 Å². The van der Waals surface area contributed by atoms with Crippen molar-refractivity contribution in [3.63, 3.8) is 0 Å². The maximum Gasteiger partial charge on any atom is 0.119 e. The summed E-state index contributed by atoms with van der Waals surface area (Å²) >= 11 is 0. The molecule has 1 heterocycles. The Labute approximate surface area is 53.6 Å². The van der Waals surface area contributed by atoms with E-state index in [1.165, 1.54) is 0 Å². The van der Waals surface area contributed by atoms with Gasteiger partial charge in [0.05, 0.1) is 19.9 Å². The van der Waals surface area contributed by atoms with Crippen LogP contribution in [0.4, 0.5) is 0 Å². The highest BCUT2D eigenvalue weighted by Gasteiger charge is 1.90. The van der Waals surface area contributed by atoms with Gasteiger partial charge in [-0.2, -0.15) is 5.48 Å². The summed E-state index contributed by atoms with van der Waals surface area (Å²) in [4.78, 5) is 4.61. The van der Waals surface area contributed by atoms with E-state index in [0.717, 1.165) is 5.76 Å². The highest BCUT2D eigenvalue weighted by Crippen LogP contribution is 1.97. The maximum atomic E-state index is 4.99. The van der Waals surface area contributed by atoms with Crippen molar-refractivity contribution in [3.05, 3.63) is 24.2 Å². The van der Waals surface area contributed by atoms with E-state index in [4.69, 9.17) is 4.42 Å². The van der Waals surface area contributed by atoms with Gasteiger partial charge in [-0.15, -0.1) is 0 Å². The lowest BCUT2D eigenvalue weighted by Gasteiger charge is -1.95. The minimum atomic E-state index is 0.615. The third kappa shape index (κ3) is 1.87. The Balaban J connectivity index is 2.30. The molecule has 0 unspecified atom stereocenters. The average Bonchev–Trinajstić information content (AvgIpc) is 2.34. The number of hydroxylamine groups is 1. The van der Waals surface area contributed by atoms with Crippen molar-refractivity contribution >= 4 is 0 Å². The molecule has 0 saturated heterocycles. The summed E-state index contributed by atoms with van der Waals surface area (Å²) < 4.78 is 4.99. The summed E-state index contributed by atoms with van der Waals surface area (Å²) in [6, 6.07) is 3.72. The molecule has 0 aliphatic heterocycles. The smallest absolute Gasteiger partial charge is 0.119 e. The van der Waals surface area contributed by atoms with Crippen molar-refractivity contribution in [2.24, 2.45) is 0 Å². The van der Waals surface area contributed by atoms with Gasteiger partial charge in [0.2, 0.25) is 0 Å². The highest BCUT2D eigenvalue weighted by molar-refractivity contribution is 4.96. The molecular weight excluding hydrogens is 118 g/mol. The topological polar surface area (TPSA) is 34.4 Å². The van der Waals surface area contributed by atoms with E-state index in [1.807, 2.05) is 12.1 Å².